The highest BCUT2D eigenvalue weighted by molar-refractivity contribution is 7.13. The molecule has 1 saturated heterocycles. The Labute approximate surface area is 204 Å². The molecule has 0 bridgehead atoms. The molecular formula is C27H31N5OS. The van der Waals surface area contributed by atoms with Gasteiger partial charge in [-0.1, -0.05) is 30.3 Å². The van der Waals surface area contributed by atoms with Gasteiger partial charge >= 0.3 is 0 Å². The maximum atomic E-state index is 12.5. The van der Waals surface area contributed by atoms with Crippen LogP contribution in [0, 0.1) is 0 Å². The van der Waals surface area contributed by atoms with Gasteiger partial charge in [0.15, 0.2) is 0 Å². The van der Waals surface area contributed by atoms with Crippen molar-refractivity contribution in [2.45, 2.75) is 32.4 Å². The summed E-state index contributed by atoms with van der Waals surface area (Å²) in [5.41, 5.74) is 4.35. The summed E-state index contributed by atoms with van der Waals surface area (Å²) in [6.07, 6.45) is 4.93. The number of carbonyl (C=O) groups is 1. The Morgan fingerprint density at radius 2 is 1.88 bits per heavy atom. The first-order valence-corrected chi connectivity index (χ1v) is 12.9. The van der Waals surface area contributed by atoms with E-state index in [9.17, 15) is 4.79 Å². The van der Waals surface area contributed by atoms with Gasteiger partial charge in [0, 0.05) is 42.0 Å². The number of likely N-dealkylation sites (tertiary alicyclic amines) is 1. The largest absolute Gasteiger partial charge is 0.326 e. The average Bonchev–Trinajstić information content (AvgIpc) is 3.63. The van der Waals surface area contributed by atoms with E-state index >= 15 is 0 Å². The second-order valence-electron chi connectivity index (χ2n) is 8.84. The minimum atomic E-state index is 0.0167. The Bertz CT molecular complexity index is 1210. The number of nitrogens with one attached hydrogen (secondary N) is 2. The minimum Gasteiger partial charge on any atom is -0.326 e. The van der Waals surface area contributed by atoms with E-state index in [4.69, 9.17) is 0 Å². The minimum absolute atomic E-state index is 0.0167. The van der Waals surface area contributed by atoms with Gasteiger partial charge in [0.1, 0.15) is 0 Å². The van der Waals surface area contributed by atoms with Crippen LogP contribution in [0.4, 0.5) is 5.69 Å². The lowest BCUT2D eigenvalue weighted by Gasteiger charge is -2.14. The molecule has 176 valence electrons. The van der Waals surface area contributed by atoms with Gasteiger partial charge in [-0.05, 0) is 66.7 Å². The number of rotatable bonds is 10. The van der Waals surface area contributed by atoms with Gasteiger partial charge in [-0.15, -0.1) is 11.3 Å². The molecule has 2 aromatic heterocycles. The number of thiophene rings is 1. The van der Waals surface area contributed by atoms with Crippen molar-refractivity contribution in [2.24, 2.45) is 0 Å². The summed E-state index contributed by atoms with van der Waals surface area (Å²) >= 11 is 1.75. The van der Waals surface area contributed by atoms with E-state index in [1.54, 1.807) is 11.3 Å². The van der Waals surface area contributed by atoms with E-state index in [1.165, 1.54) is 41.9 Å². The van der Waals surface area contributed by atoms with Gasteiger partial charge in [0.2, 0.25) is 5.91 Å². The summed E-state index contributed by atoms with van der Waals surface area (Å²) < 4.78 is 2.05. The van der Waals surface area contributed by atoms with Crippen molar-refractivity contribution in [3.63, 3.8) is 0 Å². The number of fused-ring (bicyclic) bond motifs is 1. The van der Waals surface area contributed by atoms with Crippen LogP contribution in [0.5, 0.6) is 0 Å². The summed E-state index contributed by atoms with van der Waals surface area (Å²) in [5.74, 6) is 0.0167. The molecule has 0 saturated carbocycles. The van der Waals surface area contributed by atoms with Gasteiger partial charge in [-0.3, -0.25) is 9.48 Å². The fourth-order valence-corrected chi connectivity index (χ4v) is 5.19. The first-order chi connectivity index (χ1) is 16.7. The van der Waals surface area contributed by atoms with Crippen LogP contribution < -0.4 is 10.6 Å². The second-order valence-corrected chi connectivity index (χ2v) is 9.79. The third kappa shape index (κ3) is 5.73. The Morgan fingerprint density at radius 3 is 2.68 bits per heavy atom. The molecule has 1 fully saturated rings. The summed E-state index contributed by atoms with van der Waals surface area (Å²) in [7, 11) is 0. The summed E-state index contributed by atoms with van der Waals surface area (Å²) in [5, 5.41) is 14.2. The molecule has 5 rings (SSSR count). The van der Waals surface area contributed by atoms with Gasteiger partial charge in [-0.25, -0.2) is 0 Å². The molecule has 1 aliphatic rings. The molecule has 0 atom stereocenters. The van der Waals surface area contributed by atoms with Crippen molar-refractivity contribution in [1.29, 1.82) is 0 Å². The van der Waals surface area contributed by atoms with Crippen LogP contribution in [0.25, 0.3) is 21.3 Å². The zero-order chi connectivity index (χ0) is 23.2. The third-order valence-corrected chi connectivity index (χ3v) is 7.29. The summed E-state index contributed by atoms with van der Waals surface area (Å²) in [4.78, 5) is 16.3. The quantitative estimate of drug-likeness (QED) is 0.319. The van der Waals surface area contributed by atoms with Crippen LogP contribution in [-0.2, 0) is 17.9 Å². The van der Waals surface area contributed by atoms with Gasteiger partial charge < -0.3 is 15.5 Å². The van der Waals surface area contributed by atoms with Gasteiger partial charge in [-0.2, -0.15) is 5.10 Å². The number of benzene rings is 2. The molecule has 0 aliphatic carbocycles. The van der Waals surface area contributed by atoms with E-state index in [-0.39, 0.29) is 5.91 Å². The van der Waals surface area contributed by atoms with E-state index < -0.39 is 0 Å². The first kappa shape index (κ1) is 22.8. The second kappa shape index (κ2) is 11.0. The molecule has 0 unspecified atom stereocenters. The Balaban J connectivity index is 1.08. The van der Waals surface area contributed by atoms with Crippen molar-refractivity contribution >= 4 is 33.8 Å². The maximum Gasteiger partial charge on any atom is 0.225 e. The van der Waals surface area contributed by atoms with Crippen LogP contribution in [0.15, 0.2) is 66.2 Å². The Hall–Kier alpha value is -3.00. The van der Waals surface area contributed by atoms with E-state index in [0.717, 1.165) is 36.2 Å². The molecule has 34 heavy (non-hydrogen) atoms. The maximum absolute atomic E-state index is 12.5. The molecule has 2 N–H and O–H groups in total. The highest BCUT2D eigenvalue weighted by Gasteiger charge is 2.12. The molecule has 1 aliphatic heterocycles. The molecule has 4 aromatic rings. The number of hydrogen-bond acceptors (Lipinski definition) is 5. The number of anilines is 1. The monoisotopic (exact) mass is 473 g/mol. The molecule has 1 amide bonds. The SMILES string of the molecule is O=C(CCNCc1ccc(-c2cccs2)cc1)Nc1ccc2cnn(CCN3CCCC3)c2c1. The molecule has 2 aromatic carbocycles. The van der Waals surface area contributed by atoms with Crippen molar-refractivity contribution in [3.8, 4) is 10.4 Å². The molecule has 0 radical (unpaired) electrons. The van der Waals surface area contributed by atoms with Crippen LogP contribution in [-0.4, -0.2) is 46.8 Å². The number of aromatic nitrogens is 2. The van der Waals surface area contributed by atoms with Crippen molar-refractivity contribution in [2.75, 3.05) is 31.5 Å². The van der Waals surface area contributed by atoms with E-state index in [0.29, 0.717) is 13.0 Å². The Morgan fingerprint density at radius 1 is 1.03 bits per heavy atom. The highest BCUT2D eigenvalue weighted by Crippen LogP contribution is 2.24. The number of nitrogens with zero attached hydrogens (tertiary/aromatic N) is 3. The summed E-state index contributed by atoms with van der Waals surface area (Å²) in [6, 6.07) is 18.8. The topological polar surface area (TPSA) is 62.2 Å². The molecule has 7 heteroatoms. The van der Waals surface area contributed by atoms with Crippen LogP contribution in [0.1, 0.15) is 24.8 Å². The molecule has 6 nitrogen and oxygen atoms in total. The first-order valence-electron chi connectivity index (χ1n) is 12.1. The number of hydrogen-bond donors (Lipinski definition) is 2. The predicted octanol–water partition coefficient (Wildman–Crippen LogP) is 4.98. The Kier molecular flexibility index (Phi) is 7.34. The van der Waals surface area contributed by atoms with Crippen molar-refractivity contribution < 1.29 is 4.79 Å². The molecule has 3 heterocycles. The van der Waals surface area contributed by atoms with Crippen molar-refractivity contribution in [1.82, 2.24) is 20.0 Å². The highest BCUT2D eigenvalue weighted by atomic mass is 32.1. The number of carbonyl (C=O) groups excluding carboxylic acids is 1. The van der Waals surface area contributed by atoms with Gasteiger partial charge in [0.05, 0.1) is 18.3 Å². The van der Waals surface area contributed by atoms with Crippen LogP contribution in [0.3, 0.4) is 0 Å². The lowest BCUT2D eigenvalue weighted by Crippen LogP contribution is -2.24. The van der Waals surface area contributed by atoms with Crippen LogP contribution >= 0.6 is 11.3 Å². The average molecular weight is 474 g/mol. The lowest BCUT2D eigenvalue weighted by molar-refractivity contribution is -0.116. The van der Waals surface area contributed by atoms with E-state index in [2.05, 4.69) is 67.1 Å². The molecule has 0 spiro atoms. The molecular weight excluding hydrogens is 442 g/mol. The summed E-state index contributed by atoms with van der Waals surface area (Å²) in [6.45, 7) is 5.66. The van der Waals surface area contributed by atoms with Crippen LogP contribution in [0.2, 0.25) is 0 Å². The fraction of sp³-hybridized carbons (Fsp3) is 0.333. The van der Waals surface area contributed by atoms with Crippen molar-refractivity contribution in [3.05, 3.63) is 71.7 Å². The van der Waals surface area contributed by atoms with Gasteiger partial charge in [0.25, 0.3) is 0 Å². The zero-order valence-corrected chi connectivity index (χ0v) is 20.2. The normalized spacial score (nSPS) is 14.1. The third-order valence-electron chi connectivity index (χ3n) is 6.37. The fourth-order valence-electron chi connectivity index (χ4n) is 4.46. The zero-order valence-electron chi connectivity index (χ0n) is 19.4. The lowest BCUT2D eigenvalue weighted by atomic mass is 10.1. The predicted molar refractivity (Wildman–Crippen MR) is 140 cm³/mol. The standard InChI is InChI=1S/C27H31N5OS/c33-27(11-12-28-19-21-5-7-22(8-6-21)26-4-3-17-34-26)30-24-10-9-23-20-29-32(25(23)18-24)16-15-31-13-1-2-14-31/h3-10,17-18,20,28H,1-2,11-16,19H2,(H,30,33). The number of amides is 1. The smallest absolute Gasteiger partial charge is 0.225 e. The van der Waals surface area contributed by atoms with E-state index in [1.807, 2.05) is 24.4 Å².